The van der Waals surface area contributed by atoms with Crippen molar-refractivity contribution in [3.63, 3.8) is 0 Å². The number of nitrogens with zero attached hydrogens (tertiary/aromatic N) is 2. The maximum Gasteiger partial charge on any atom is 0.0505 e. The first-order chi connectivity index (χ1) is 12.6. The van der Waals surface area contributed by atoms with E-state index in [2.05, 4.69) is 59.3 Å². The molecule has 0 radical (unpaired) electrons. The third-order valence-corrected chi connectivity index (χ3v) is 5.24. The lowest BCUT2D eigenvalue weighted by molar-refractivity contribution is 0.394. The summed E-state index contributed by atoms with van der Waals surface area (Å²) in [6.45, 7) is 3.63. The van der Waals surface area contributed by atoms with Crippen LogP contribution in [-0.4, -0.2) is 36.7 Å². The molecule has 1 N–H and O–H groups in total. The second-order valence-corrected chi connectivity index (χ2v) is 7.65. The van der Waals surface area contributed by atoms with Crippen molar-refractivity contribution in [1.29, 1.82) is 0 Å². The van der Waals surface area contributed by atoms with E-state index in [9.17, 15) is 0 Å². The number of hydrogen-bond donors (Lipinski definition) is 1. The van der Waals surface area contributed by atoms with Gasteiger partial charge in [0.05, 0.1) is 6.54 Å². The fourth-order valence-corrected chi connectivity index (χ4v) is 3.71. The molecule has 0 fully saturated rings. The minimum atomic E-state index is 0.666. The summed E-state index contributed by atoms with van der Waals surface area (Å²) in [5.41, 5.74) is 3.46. The Kier molecular flexibility index (Phi) is 6.60. The Morgan fingerprint density at radius 3 is 2.46 bits per heavy atom. The number of nitrogens with one attached hydrogen (secondary N) is 1. The molecule has 138 valence electrons. The van der Waals surface area contributed by atoms with Crippen molar-refractivity contribution in [3.8, 4) is 0 Å². The van der Waals surface area contributed by atoms with Crippen molar-refractivity contribution in [2.75, 3.05) is 27.2 Å². The van der Waals surface area contributed by atoms with Crippen molar-refractivity contribution in [2.45, 2.75) is 19.5 Å². The van der Waals surface area contributed by atoms with Gasteiger partial charge in [0.25, 0.3) is 0 Å². The van der Waals surface area contributed by atoms with Gasteiger partial charge in [-0.25, -0.2) is 0 Å². The Balaban J connectivity index is 1.79. The average molecular weight is 390 g/mol. The lowest BCUT2D eigenvalue weighted by Gasteiger charge is -2.10. The summed E-state index contributed by atoms with van der Waals surface area (Å²) in [4.78, 5) is 2.21. The fraction of sp³-hybridized carbons (Fsp3) is 0.333. The van der Waals surface area contributed by atoms with Crippen LogP contribution in [0.1, 0.15) is 17.5 Å². The highest BCUT2D eigenvalue weighted by atomic mass is 35.5. The summed E-state index contributed by atoms with van der Waals surface area (Å²) >= 11 is 12.7. The molecule has 0 saturated carbocycles. The molecular formula is C21H25Cl2N3. The maximum atomic E-state index is 6.37. The minimum absolute atomic E-state index is 0.666. The van der Waals surface area contributed by atoms with Gasteiger partial charge in [-0.15, -0.1) is 0 Å². The number of para-hydroxylation sites is 1. The van der Waals surface area contributed by atoms with Gasteiger partial charge in [0.1, 0.15) is 0 Å². The van der Waals surface area contributed by atoms with E-state index in [4.69, 9.17) is 23.2 Å². The number of fused-ring (bicyclic) bond motifs is 1. The summed E-state index contributed by atoms with van der Waals surface area (Å²) in [6.07, 6.45) is 3.35. The third kappa shape index (κ3) is 4.60. The van der Waals surface area contributed by atoms with E-state index in [-0.39, 0.29) is 0 Å². The minimum Gasteiger partial charge on any atom is -0.343 e. The molecule has 0 aliphatic heterocycles. The molecule has 2 aromatic carbocycles. The zero-order chi connectivity index (χ0) is 18.5. The van der Waals surface area contributed by atoms with E-state index < -0.39 is 0 Å². The van der Waals surface area contributed by atoms with E-state index in [0.717, 1.165) is 31.6 Å². The molecule has 0 aliphatic carbocycles. The van der Waals surface area contributed by atoms with E-state index in [1.165, 1.54) is 16.5 Å². The van der Waals surface area contributed by atoms with Gasteiger partial charge in [-0.1, -0.05) is 47.5 Å². The van der Waals surface area contributed by atoms with Gasteiger partial charge >= 0.3 is 0 Å². The molecule has 0 amide bonds. The van der Waals surface area contributed by atoms with Gasteiger partial charge in [0.2, 0.25) is 0 Å². The van der Waals surface area contributed by atoms with Crippen LogP contribution >= 0.6 is 23.2 Å². The van der Waals surface area contributed by atoms with Gasteiger partial charge in [-0.2, -0.15) is 0 Å². The predicted molar refractivity (Wildman–Crippen MR) is 112 cm³/mol. The highest BCUT2D eigenvalue weighted by molar-refractivity contribution is 6.36. The molecule has 26 heavy (non-hydrogen) atoms. The standard InChI is InChI=1S/C21H25Cl2N3/c1-25(2)12-6-11-24-13-16-14-26(21-10-4-3-7-17(16)21)15-18-19(22)8-5-9-20(18)23/h3-5,7-10,14,24H,6,11-13,15H2,1-2H3. The van der Waals surface area contributed by atoms with Gasteiger partial charge in [-0.05, 0) is 57.4 Å². The van der Waals surface area contributed by atoms with E-state index >= 15 is 0 Å². The Morgan fingerprint density at radius 2 is 1.73 bits per heavy atom. The molecule has 0 bridgehead atoms. The summed E-state index contributed by atoms with van der Waals surface area (Å²) in [5, 5.41) is 6.25. The Morgan fingerprint density at radius 1 is 1.00 bits per heavy atom. The largest absolute Gasteiger partial charge is 0.343 e. The molecule has 5 heteroatoms. The molecule has 0 unspecified atom stereocenters. The van der Waals surface area contributed by atoms with Gasteiger partial charge < -0.3 is 14.8 Å². The van der Waals surface area contributed by atoms with Crippen LogP contribution in [0.4, 0.5) is 0 Å². The zero-order valence-electron chi connectivity index (χ0n) is 15.3. The molecule has 1 aromatic heterocycles. The summed E-state index contributed by atoms with van der Waals surface area (Å²) < 4.78 is 2.24. The fourth-order valence-electron chi connectivity index (χ4n) is 3.19. The van der Waals surface area contributed by atoms with Crippen molar-refractivity contribution in [3.05, 3.63) is 69.8 Å². The van der Waals surface area contributed by atoms with Gasteiger partial charge in [0.15, 0.2) is 0 Å². The van der Waals surface area contributed by atoms with Crippen LogP contribution in [0.2, 0.25) is 10.0 Å². The zero-order valence-corrected chi connectivity index (χ0v) is 16.8. The lowest BCUT2D eigenvalue weighted by Crippen LogP contribution is -2.20. The second kappa shape index (κ2) is 8.92. The van der Waals surface area contributed by atoms with Crippen LogP contribution in [0, 0.1) is 0 Å². The van der Waals surface area contributed by atoms with Crippen molar-refractivity contribution >= 4 is 34.1 Å². The van der Waals surface area contributed by atoms with E-state index in [0.29, 0.717) is 16.6 Å². The lowest BCUT2D eigenvalue weighted by atomic mass is 10.2. The number of hydrogen-bond acceptors (Lipinski definition) is 2. The highest BCUT2D eigenvalue weighted by Crippen LogP contribution is 2.28. The third-order valence-electron chi connectivity index (χ3n) is 4.54. The number of rotatable bonds is 8. The summed E-state index contributed by atoms with van der Waals surface area (Å²) in [7, 11) is 4.21. The molecular weight excluding hydrogens is 365 g/mol. The van der Waals surface area contributed by atoms with Crippen LogP contribution in [0.25, 0.3) is 10.9 Å². The number of aromatic nitrogens is 1. The monoisotopic (exact) mass is 389 g/mol. The van der Waals surface area contributed by atoms with Gasteiger partial charge in [-0.3, -0.25) is 0 Å². The van der Waals surface area contributed by atoms with Crippen LogP contribution < -0.4 is 5.32 Å². The molecule has 0 saturated heterocycles. The van der Waals surface area contributed by atoms with Crippen LogP contribution in [0.3, 0.4) is 0 Å². The topological polar surface area (TPSA) is 20.2 Å². The highest BCUT2D eigenvalue weighted by Gasteiger charge is 2.11. The summed E-state index contributed by atoms with van der Waals surface area (Å²) in [6, 6.07) is 14.1. The predicted octanol–water partition coefficient (Wildman–Crippen LogP) is 5.04. The smallest absolute Gasteiger partial charge is 0.0505 e. The molecule has 3 rings (SSSR count). The van der Waals surface area contributed by atoms with Crippen molar-refractivity contribution in [2.24, 2.45) is 0 Å². The molecule has 0 spiro atoms. The Labute approximate surface area is 165 Å². The molecule has 3 nitrogen and oxygen atoms in total. The van der Waals surface area contributed by atoms with Gasteiger partial charge in [0, 0.05) is 39.3 Å². The molecule has 3 aromatic rings. The van der Waals surface area contributed by atoms with Crippen LogP contribution in [-0.2, 0) is 13.1 Å². The maximum absolute atomic E-state index is 6.37. The molecule has 0 atom stereocenters. The average Bonchev–Trinajstić information content (AvgIpc) is 2.96. The van der Waals surface area contributed by atoms with Crippen LogP contribution in [0.5, 0.6) is 0 Å². The van der Waals surface area contributed by atoms with E-state index in [1.807, 2.05) is 18.2 Å². The quantitative estimate of drug-likeness (QED) is 0.544. The SMILES string of the molecule is CN(C)CCCNCc1cn(Cc2c(Cl)cccc2Cl)c2ccccc12. The van der Waals surface area contributed by atoms with Crippen molar-refractivity contribution in [1.82, 2.24) is 14.8 Å². The summed E-state index contributed by atoms with van der Waals surface area (Å²) in [5.74, 6) is 0. The Hall–Kier alpha value is -1.52. The van der Waals surface area contributed by atoms with Crippen molar-refractivity contribution < 1.29 is 0 Å². The Bertz CT molecular complexity index is 851. The van der Waals surface area contributed by atoms with Crippen LogP contribution in [0.15, 0.2) is 48.7 Å². The first-order valence-electron chi connectivity index (χ1n) is 8.91. The molecule has 0 aliphatic rings. The number of halogens is 2. The normalized spacial score (nSPS) is 11.6. The second-order valence-electron chi connectivity index (χ2n) is 6.83. The van der Waals surface area contributed by atoms with E-state index in [1.54, 1.807) is 0 Å². The first kappa shape index (κ1) is 19.2. The number of benzene rings is 2. The first-order valence-corrected chi connectivity index (χ1v) is 9.67. The molecule has 1 heterocycles.